The predicted molar refractivity (Wildman–Crippen MR) is 57.8 cm³/mol. The number of benzene rings is 1. The SMILES string of the molecule is COc1ccc(/N=N/N(C)CC(=O)O)cc1. The van der Waals surface area contributed by atoms with Gasteiger partial charge in [0, 0.05) is 7.05 Å². The van der Waals surface area contributed by atoms with Crippen LogP contribution >= 0.6 is 0 Å². The molecule has 0 saturated carbocycles. The van der Waals surface area contributed by atoms with E-state index in [9.17, 15) is 4.79 Å². The average molecular weight is 223 g/mol. The van der Waals surface area contributed by atoms with Crippen molar-refractivity contribution in [2.75, 3.05) is 20.7 Å². The van der Waals surface area contributed by atoms with Crippen LogP contribution in [0.15, 0.2) is 34.6 Å². The lowest BCUT2D eigenvalue weighted by molar-refractivity contribution is -0.138. The molecule has 6 heteroatoms. The molecule has 0 spiro atoms. The Labute approximate surface area is 93.1 Å². The van der Waals surface area contributed by atoms with Gasteiger partial charge >= 0.3 is 5.97 Å². The van der Waals surface area contributed by atoms with Crippen LogP contribution in [0.2, 0.25) is 0 Å². The molecule has 0 aliphatic rings. The fraction of sp³-hybridized carbons (Fsp3) is 0.300. The second-order valence-electron chi connectivity index (χ2n) is 3.10. The van der Waals surface area contributed by atoms with Crippen LogP contribution in [0.25, 0.3) is 0 Å². The number of carbonyl (C=O) groups is 1. The van der Waals surface area contributed by atoms with E-state index in [2.05, 4.69) is 10.3 Å². The monoisotopic (exact) mass is 223 g/mol. The summed E-state index contributed by atoms with van der Waals surface area (Å²) in [6, 6.07) is 6.98. The predicted octanol–water partition coefficient (Wildman–Crippen LogP) is 1.71. The zero-order valence-electron chi connectivity index (χ0n) is 9.12. The number of carboxylic acids is 1. The Morgan fingerprint density at radius 2 is 2.06 bits per heavy atom. The molecule has 0 atom stereocenters. The minimum absolute atomic E-state index is 0.181. The number of carboxylic acid groups (broad SMARTS) is 1. The third-order valence-corrected chi connectivity index (χ3v) is 1.75. The number of ether oxygens (including phenoxy) is 1. The van der Waals surface area contributed by atoms with Crippen molar-refractivity contribution < 1.29 is 14.6 Å². The Hall–Kier alpha value is -2.11. The van der Waals surface area contributed by atoms with Crippen molar-refractivity contribution in [2.24, 2.45) is 10.3 Å². The number of methoxy groups -OCH3 is 1. The molecule has 0 aliphatic heterocycles. The smallest absolute Gasteiger partial charge is 0.324 e. The number of hydrogen-bond acceptors (Lipinski definition) is 4. The highest BCUT2D eigenvalue weighted by atomic mass is 16.5. The fourth-order valence-electron chi connectivity index (χ4n) is 1.00. The average Bonchev–Trinajstić information content (AvgIpc) is 2.26. The van der Waals surface area contributed by atoms with Gasteiger partial charge in [0.05, 0.1) is 12.8 Å². The van der Waals surface area contributed by atoms with Gasteiger partial charge in [-0.1, -0.05) is 5.22 Å². The molecule has 6 nitrogen and oxygen atoms in total. The van der Waals surface area contributed by atoms with Gasteiger partial charge in [0.15, 0.2) is 0 Å². The van der Waals surface area contributed by atoms with E-state index < -0.39 is 5.97 Å². The molecule has 0 fully saturated rings. The molecule has 1 aromatic rings. The summed E-state index contributed by atoms with van der Waals surface area (Å²) < 4.78 is 4.99. The van der Waals surface area contributed by atoms with Crippen molar-refractivity contribution in [1.82, 2.24) is 5.01 Å². The van der Waals surface area contributed by atoms with E-state index in [-0.39, 0.29) is 6.54 Å². The first-order chi connectivity index (χ1) is 7.61. The van der Waals surface area contributed by atoms with Gasteiger partial charge < -0.3 is 9.84 Å². The molecule has 0 unspecified atom stereocenters. The largest absolute Gasteiger partial charge is 0.497 e. The third-order valence-electron chi connectivity index (χ3n) is 1.75. The second kappa shape index (κ2) is 5.69. The summed E-state index contributed by atoms with van der Waals surface area (Å²) in [4.78, 5) is 10.3. The van der Waals surface area contributed by atoms with Crippen molar-refractivity contribution in [3.05, 3.63) is 24.3 Å². The van der Waals surface area contributed by atoms with Crippen LogP contribution in [0.3, 0.4) is 0 Å². The summed E-state index contributed by atoms with van der Waals surface area (Å²) in [6.07, 6.45) is 0. The molecule has 0 saturated heterocycles. The molecule has 1 rings (SSSR count). The fourth-order valence-corrected chi connectivity index (χ4v) is 1.00. The molecule has 0 aromatic heterocycles. The van der Waals surface area contributed by atoms with Crippen molar-refractivity contribution in [3.8, 4) is 5.75 Å². The van der Waals surface area contributed by atoms with E-state index in [1.807, 2.05) is 0 Å². The minimum atomic E-state index is -0.948. The van der Waals surface area contributed by atoms with E-state index >= 15 is 0 Å². The van der Waals surface area contributed by atoms with Crippen LogP contribution in [-0.4, -0.2) is 36.8 Å². The van der Waals surface area contributed by atoms with E-state index in [0.717, 1.165) is 5.75 Å². The summed E-state index contributed by atoms with van der Waals surface area (Å²) in [7, 11) is 3.12. The van der Waals surface area contributed by atoms with Gasteiger partial charge in [0.25, 0.3) is 0 Å². The van der Waals surface area contributed by atoms with Crippen LogP contribution in [0, 0.1) is 0 Å². The van der Waals surface area contributed by atoms with Crippen molar-refractivity contribution in [1.29, 1.82) is 0 Å². The van der Waals surface area contributed by atoms with Crippen LogP contribution in [-0.2, 0) is 4.79 Å². The first-order valence-electron chi connectivity index (χ1n) is 4.60. The van der Waals surface area contributed by atoms with Gasteiger partial charge in [0.1, 0.15) is 12.3 Å². The first kappa shape index (κ1) is 12.0. The lowest BCUT2D eigenvalue weighted by Crippen LogP contribution is -2.19. The van der Waals surface area contributed by atoms with E-state index in [1.165, 1.54) is 5.01 Å². The molecule has 1 aromatic carbocycles. The van der Waals surface area contributed by atoms with Gasteiger partial charge in [-0.15, -0.1) is 5.11 Å². The molecule has 0 radical (unpaired) electrons. The maximum absolute atomic E-state index is 10.3. The molecular formula is C10H13N3O3. The molecule has 0 heterocycles. The normalized spacial score (nSPS) is 10.4. The summed E-state index contributed by atoms with van der Waals surface area (Å²) in [5.74, 6) is -0.214. The summed E-state index contributed by atoms with van der Waals surface area (Å²) >= 11 is 0. The Morgan fingerprint density at radius 1 is 1.44 bits per heavy atom. The summed E-state index contributed by atoms with van der Waals surface area (Å²) in [5, 5.41) is 17.3. The molecule has 0 amide bonds. The van der Waals surface area contributed by atoms with Crippen LogP contribution < -0.4 is 4.74 Å². The summed E-state index contributed by atoms with van der Waals surface area (Å²) in [6.45, 7) is -0.181. The number of hydrogen-bond donors (Lipinski definition) is 1. The van der Waals surface area contributed by atoms with Gasteiger partial charge in [-0.2, -0.15) is 0 Å². The second-order valence-corrected chi connectivity index (χ2v) is 3.10. The minimum Gasteiger partial charge on any atom is -0.497 e. The molecule has 1 N–H and O–H groups in total. The Bertz CT molecular complexity index is 375. The molecule has 16 heavy (non-hydrogen) atoms. The standard InChI is InChI=1S/C10H13N3O3/c1-13(7-10(14)15)12-11-8-3-5-9(16-2)6-4-8/h3-6H,7H2,1-2H3,(H,14,15)/b12-11+. The van der Waals surface area contributed by atoms with Gasteiger partial charge in [0.2, 0.25) is 0 Å². The highest BCUT2D eigenvalue weighted by Crippen LogP contribution is 2.17. The highest BCUT2D eigenvalue weighted by Gasteiger charge is 2.00. The van der Waals surface area contributed by atoms with Gasteiger partial charge in [-0.3, -0.25) is 9.80 Å². The molecule has 0 aliphatic carbocycles. The topological polar surface area (TPSA) is 74.5 Å². The van der Waals surface area contributed by atoms with Crippen LogP contribution in [0.4, 0.5) is 5.69 Å². The zero-order valence-corrected chi connectivity index (χ0v) is 9.12. The maximum Gasteiger partial charge on any atom is 0.324 e. The summed E-state index contributed by atoms with van der Waals surface area (Å²) in [5.41, 5.74) is 0.637. The number of aliphatic carboxylic acids is 1. The number of likely N-dealkylation sites (N-methyl/N-ethyl adjacent to an activating group) is 1. The van der Waals surface area contributed by atoms with Crippen molar-refractivity contribution in [2.45, 2.75) is 0 Å². The number of nitrogens with zero attached hydrogens (tertiary/aromatic N) is 3. The molecular weight excluding hydrogens is 210 g/mol. The first-order valence-corrected chi connectivity index (χ1v) is 4.60. The molecule has 0 bridgehead atoms. The third kappa shape index (κ3) is 3.95. The maximum atomic E-state index is 10.3. The van der Waals surface area contributed by atoms with Crippen LogP contribution in [0.1, 0.15) is 0 Å². The Balaban J connectivity index is 2.58. The lowest BCUT2D eigenvalue weighted by Gasteiger charge is -2.06. The van der Waals surface area contributed by atoms with Crippen molar-refractivity contribution in [3.63, 3.8) is 0 Å². The van der Waals surface area contributed by atoms with Crippen LogP contribution in [0.5, 0.6) is 5.75 Å². The van der Waals surface area contributed by atoms with Gasteiger partial charge in [-0.05, 0) is 24.3 Å². The quantitative estimate of drug-likeness (QED) is 0.609. The lowest BCUT2D eigenvalue weighted by atomic mass is 10.3. The zero-order chi connectivity index (χ0) is 12.0. The van der Waals surface area contributed by atoms with E-state index in [0.29, 0.717) is 5.69 Å². The molecule has 86 valence electrons. The van der Waals surface area contributed by atoms with E-state index in [1.54, 1.807) is 38.4 Å². The van der Waals surface area contributed by atoms with E-state index in [4.69, 9.17) is 9.84 Å². The Morgan fingerprint density at radius 3 is 2.56 bits per heavy atom. The Kier molecular flexibility index (Phi) is 4.26. The highest BCUT2D eigenvalue weighted by molar-refractivity contribution is 5.68. The van der Waals surface area contributed by atoms with Crippen molar-refractivity contribution >= 4 is 11.7 Å². The van der Waals surface area contributed by atoms with Gasteiger partial charge in [-0.25, -0.2) is 0 Å². The number of rotatable bonds is 5.